The van der Waals surface area contributed by atoms with Crippen LogP contribution in [0.5, 0.6) is 0 Å². The average molecular weight is 242 g/mol. The first-order chi connectivity index (χ1) is 8.15. The van der Waals surface area contributed by atoms with Crippen LogP contribution < -0.4 is 11.1 Å². The molecule has 0 spiro atoms. The molecule has 3 N–H and O–H groups in total. The van der Waals surface area contributed by atoms with Crippen LogP contribution in [0.4, 0.5) is 0 Å². The molecular weight excluding hydrogens is 212 g/mol. The predicted octanol–water partition coefficient (Wildman–Crippen LogP) is 2.69. The lowest BCUT2D eigenvalue weighted by Gasteiger charge is -2.15. The smallest absolute Gasteiger partial charge is 0.223 e. The summed E-state index contributed by atoms with van der Waals surface area (Å²) in [6.07, 6.45) is 6.42. The van der Waals surface area contributed by atoms with Crippen LogP contribution in [0.15, 0.2) is 0 Å². The molecule has 17 heavy (non-hydrogen) atoms. The monoisotopic (exact) mass is 242 g/mol. The van der Waals surface area contributed by atoms with Crippen molar-refractivity contribution < 1.29 is 4.79 Å². The van der Waals surface area contributed by atoms with Gasteiger partial charge >= 0.3 is 0 Å². The normalized spacial score (nSPS) is 14.4. The number of hydrogen-bond acceptors (Lipinski definition) is 2. The zero-order valence-electron chi connectivity index (χ0n) is 11.8. The standard InChI is InChI=1S/C14H30N2O/c1-4-6-9-13(5-2)14(17)16-10-7-8-12(3)11-15/h12-13H,4-11,15H2,1-3H3,(H,16,17). The highest BCUT2D eigenvalue weighted by atomic mass is 16.1. The van der Waals surface area contributed by atoms with Gasteiger partial charge in [0, 0.05) is 12.5 Å². The molecule has 0 radical (unpaired) electrons. The van der Waals surface area contributed by atoms with Gasteiger partial charge < -0.3 is 11.1 Å². The summed E-state index contributed by atoms with van der Waals surface area (Å²) in [6.45, 7) is 7.95. The summed E-state index contributed by atoms with van der Waals surface area (Å²) < 4.78 is 0. The molecule has 3 heteroatoms. The number of nitrogens with two attached hydrogens (primary N) is 1. The Kier molecular flexibility index (Phi) is 10.2. The van der Waals surface area contributed by atoms with Crippen molar-refractivity contribution in [2.75, 3.05) is 13.1 Å². The maximum Gasteiger partial charge on any atom is 0.223 e. The molecule has 2 atom stereocenters. The van der Waals surface area contributed by atoms with E-state index in [4.69, 9.17) is 5.73 Å². The van der Waals surface area contributed by atoms with Gasteiger partial charge in [0.25, 0.3) is 0 Å². The Bertz CT molecular complexity index is 195. The highest BCUT2D eigenvalue weighted by Crippen LogP contribution is 2.12. The Hall–Kier alpha value is -0.570. The van der Waals surface area contributed by atoms with Crippen LogP contribution in [-0.4, -0.2) is 19.0 Å². The molecule has 0 aliphatic carbocycles. The molecule has 0 saturated carbocycles. The number of unbranched alkanes of at least 4 members (excludes halogenated alkanes) is 1. The second-order valence-corrected chi connectivity index (χ2v) is 5.02. The summed E-state index contributed by atoms with van der Waals surface area (Å²) in [7, 11) is 0. The molecule has 102 valence electrons. The van der Waals surface area contributed by atoms with Gasteiger partial charge in [-0.1, -0.05) is 33.6 Å². The van der Waals surface area contributed by atoms with Crippen LogP contribution in [-0.2, 0) is 4.79 Å². The lowest BCUT2D eigenvalue weighted by molar-refractivity contribution is -0.125. The third-order valence-electron chi connectivity index (χ3n) is 3.35. The van der Waals surface area contributed by atoms with Crippen LogP contribution in [0, 0.1) is 11.8 Å². The fraction of sp³-hybridized carbons (Fsp3) is 0.929. The molecule has 1 amide bonds. The van der Waals surface area contributed by atoms with Crippen molar-refractivity contribution in [3.63, 3.8) is 0 Å². The maximum atomic E-state index is 11.9. The van der Waals surface area contributed by atoms with E-state index in [1.807, 2.05) is 0 Å². The van der Waals surface area contributed by atoms with Gasteiger partial charge in [-0.15, -0.1) is 0 Å². The third-order valence-corrected chi connectivity index (χ3v) is 3.35. The largest absolute Gasteiger partial charge is 0.356 e. The van der Waals surface area contributed by atoms with Crippen molar-refractivity contribution >= 4 is 5.91 Å². The number of carbonyl (C=O) groups is 1. The van der Waals surface area contributed by atoms with Crippen molar-refractivity contribution in [2.24, 2.45) is 17.6 Å². The first-order valence-electron chi connectivity index (χ1n) is 7.13. The van der Waals surface area contributed by atoms with E-state index in [0.717, 1.165) is 51.6 Å². The van der Waals surface area contributed by atoms with Crippen LogP contribution in [0.25, 0.3) is 0 Å². The lowest BCUT2D eigenvalue weighted by atomic mass is 9.98. The first-order valence-corrected chi connectivity index (χ1v) is 7.13. The van der Waals surface area contributed by atoms with Crippen molar-refractivity contribution in [3.05, 3.63) is 0 Å². The molecule has 3 nitrogen and oxygen atoms in total. The Balaban J connectivity index is 3.67. The second-order valence-electron chi connectivity index (χ2n) is 5.02. The molecule has 0 fully saturated rings. The first kappa shape index (κ1) is 16.4. The van der Waals surface area contributed by atoms with E-state index in [2.05, 4.69) is 26.1 Å². The fourth-order valence-electron chi connectivity index (χ4n) is 1.90. The predicted molar refractivity (Wildman–Crippen MR) is 73.8 cm³/mol. The van der Waals surface area contributed by atoms with E-state index < -0.39 is 0 Å². The Morgan fingerprint density at radius 3 is 2.47 bits per heavy atom. The summed E-state index contributed by atoms with van der Waals surface area (Å²) in [5, 5.41) is 3.04. The Labute approximate surface area is 107 Å². The molecule has 2 unspecified atom stereocenters. The van der Waals surface area contributed by atoms with E-state index in [0.29, 0.717) is 5.92 Å². The summed E-state index contributed by atoms with van der Waals surface area (Å²) >= 11 is 0. The van der Waals surface area contributed by atoms with E-state index in [-0.39, 0.29) is 11.8 Å². The van der Waals surface area contributed by atoms with Gasteiger partial charge in [-0.3, -0.25) is 4.79 Å². The van der Waals surface area contributed by atoms with Crippen molar-refractivity contribution in [2.45, 2.75) is 59.3 Å². The zero-order chi connectivity index (χ0) is 13.1. The van der Waals surface area contributed by atoms with E-state index in [9.17, 15) is 4.79 Å². The number of amides is 1. The maximum absolute atomic E-state index is 11.9. The molecule has 0 heterocycles. The van der Waals surface area contributed by atoms with Crippen LogP contribution in [0.1, 0.15) is 59.3 Å². The molecule has 0 bridgehead atoms. The number of carbonyl (C=O) groups excluding carboxylic acids is 1. The van der Waals surface area contributed by atoms with Crippen molar-refractivity contribution in [1.29, 1.82) is 0 Å². The fourth-order valence-corrected chi connectivity index (χ4v) is 1.90. The van der Waals surface area contributed by atoms with Gasteiger partial charge in [-0.25, -0.2) is 0 Å². The molecule has 0 aromatic rings. The highest BCUT2D eigenvalue weighted by molar-refractivity contribution is 5.78. The zero-order valence-corrected chi connectivity index (χ0v) is 11.8. The van der Waals surface area contributed by atoms with Gasteiger partial charge in [0.15, 0.2) is 0 Å². The molecule has 0 aliphatic rings. The lowest BCUT2D eigenvalue weighted by Crippen LogP contribution is -2.31. The summed E-state index contributed by atoms with van der Waals surface area (Å²) in [4.78, 5) is 11.9. The minimum Gasteiger partial charge on any atom is -0.356 e. The van der Waals surface area contributed by atoms with Gasteiger partial charge in [0.2, 0.25) is 5.91 Å². The topological polar surface area (TPSA) is 55.1 Å². The van der Waals surface area contributed by atoms with Crippen molar-refractivity contribution in [3.8, 4) is 0 Å². The molecular formula is C14H30N2O. The summed E-state index contributed by atoms with van der Waals surface area (Å²) in [5.74, 6) is 1.01. The molecule has 0 saturated heterocycles. The quantitative estimate of drug-likeness (QED) is 0.579. The van der Waals surface area contributed by atoms with Gasteiger partial charge in [-0.05, 0) is 38.1 Å². The number of hydrogen-bond donors (Lipinski definition) is 2. The van der Waals surface area contributed by atoms with Crippen LogP contribution in [0.3, 0.4) is 0 Å². The van der Waals surface area contributed by atoms with Gasteiger partial charge in [0.05, 0.1) is 0 Å². The Morgan fingerprint density at radius 1 is 1.24 bits per heavy atom. The highest BCUT2D eigenvalue weighted by Gasteiger charge is 2.14. The third kappa shape index (κ3) is 8.19. The molecule has 0 rings (SSSR count). The number of rotatable bonds is 10. The molecule has 0 aliphatic heterocycles. The minimum absolute atomic E-state index is 0.210. The Morgan fingerprint density at radius 2 is 1.94 bits per heavy atom. The van der Waals surface area contributed by atoms with Crippen LogP contribution >= 0.6 is 0 Å². The number of nitrogens with one attached hydrogen (secondary N) is 1. The van der Waals surface area contributed by atoms with Crippen LogP contribution in [0.2, 0.25) is 0 Å². The molecule has 0 aromatic carbocycles. The van der Waals surface area contributed by atoms with Gasteiger partial charge in [0.1, 0.15) is 0 Å². The van der Waals surface area contributed by atoms with E-state index in [1.54, 1.807) is 0 Å². The summed E-state index contributed by atoms with van der Waals surface area (Å²) in [6, 6.07) is 0. The SMILES string of the molecule is CCCCC(CC)C(=O)NCCCC(C)CN. The second kappa shape index (κ2) is 10.6. The minimum atomic E-state index is 0.210. The van der Waals surface area contributed by atoms with Crippen molar-refractivity contribution in [1.82, 2.24) is 5.32 Å². The van der Waals surface area contributed by atoms with E-state index in [1.165, 1.54) is 0 Å². The van der Waals surface area contributed by atoms with E-state index >= 15 is 0 Å². The summed E-state index contributed by atoms with van der Waals surface area (Å²) in [5.41, 5.74) is 5.55. The van der Waals surface area contributed by atoms with Gasteiger partial charge in [-0.2, -0.15) is 0 Å². The molecule has 0 aromatic heterocycles. The average Bonchev–Trinajstić information content (AvgIpc) is 2.35.